The minimum Gasteiger partial charge on any atom is -0.356 e. The Morgan fingerprint density at radius 1 is 1.44 bits per heavy atom. The molecule has 0 bridgehead atoms. The van der Waals surface area contributed by atoms with Crippen molar-refractivity contribution >= 4 is 17.4 Å². The van der Waals surface area contributed by atoms with Gasteiger partial charge < -0.3 is 4.90 Å². The molecular formula is C12H18ClN3. The molecule has 4 heteroatoms. The molecule has 0 unspecified atom stereocenters. The highest BCUT2D eigenvalue weighted by Gasteiger charge is 2.25. The predicted molar refractivity (Wildman–Crippen MR) is 67.1 cm³/mol. The van der Waals surface area contributed by atoms with E-state index in [0.29, 0.717) is 11.2 Å². The molecule has 1 aromatic rings. The number of hydrogen-bond donors (Lipinski definition) is 0. The fourth-order valence-electron chi connectivity index (χ4n) is 2.10. The molecule has 0 saturated heterocycles. The second kappa shape index (κ2) is 5.00. The largest absolute Gasteiger partial charge is 0.356 e. The van der Waals surface area contributed by atoms with Crippen LogP contribution in [0.3, 0.4) is 0 Å². The third kappa shape index (κ3) is 2.14. The predicted octanol–water partition coefficient (Wildman–Crippen LogP) is 3.07. The van der Waals surface area contributed by atoms with Crippen LogP contribution in [0.1, 0.15) is 38.2 Å². The van der Waals surface area contributed by atoms with Crippen LogP contribution >= 0.6 is 11.6 Å². The molecule has 0 radical (unpaired) electrons. The van der Waals surface area contributed by atoms with Crippen LogP contribution in [-0.4, -0.2) is 23.1 Å². The lowest BCUT2D eigenvalue weighted by molar-refractivity contribution is 0.398. The molecule has 0 aromatic carbocycles. The molecule has 16 heavy (non-hydrogen) atoms. The van der Waals surface area contributed by atoms with E-state index in [2.05, 4.69) is 28.8 Å². The zero-order valence-electron chi connectivity index (χ0n) is 9.91. The standard InChI is InChI=1S/C12H18ClN3/c1-3-5-10-11(13)14-8-15-12(10)16(2)9-6-4-7-9/h8-9H,3-7H2,1-2H3. The Kier molecular flexibility index (Phi) is 3.64. The highest BCUT2D eigenvalue weighted by Crippen LogP contribution is 2.31. The zero-order valence-corrected chi connectivity index (χ0v) is 10.7. The molecule has 3 nitrogen and oxygen atoms in total. The van der Waals surface area contributed by atoms with Crippen molar-refractivity contribution in [3.05, 3.63) is 17.0 Å². The van der Waals surface area contributed by atoms with Gasteiger partial charge in [0, 0.05) is 18.7 Å². The van der Waals surface area contributed by atoms with Crippen LogP contribution in [0, 0.1) is 0 Å². The lowest BCUT2D eigenvalue weighted by atomic mass is 9.91. The van der Waals surface area contributed by atoms with Crippen LogP contribution in [-0.2, 0) is 6.42 Å². The molecule has 1 aliphatic rings. The second-order valence-corrected chi connectivity index (χ2v) is 4.77. The summed E-state index contributed by atoms with van der Waals surface area (Å²) in [6.45, 7) is 2.15. The first-order valence-electron chi connectivity index (χ1n) is 5.96. The Balaban J connectivity index is 2.27. The van der Waals surface area contributed by atoms with Gasteiger partial charge in [0.05, 0.1) is 0 Å². The smallest absolute Gasteiger partial charge is 0.137 e. The topological polar surface area (TPSA) is 29.0 Å². The Morgan fingerprint density at radius 3 is 2.75 bits per heavy atom. The monoisotopic (exact) mass is 239 g/mol. The summed E-state index contributed by atoms with van der Waals surface area (Å²) in [6.07, 6.45) is 7.45. The highest BCUT2D eigenvalue weighted by molar-refractivity contribution is 6.30. The third-order valence-electron chi connectivity index (χ3n) is 3.33. The number of aromatic nitrogens is 2. The highest BCUT2D eigenvalue weighted by atomic mass is 35.5. The minimum absolute atomic E-state index is 0.609. The first-order valence-corrected chi connectivity index (χ1v) is 6.34. The van der Waals surface area contributed by atoms with Gasteiger partial charge in [-0.3, -0.25) is 0 Å². The fraction of sp³-hybridized carbons (Fsp3) is 0.667. The molecule has 0 aliphatic heterocycles. The van der Waals surface area contributed by atoms with Gasteiger partial charge in [-0.25, -0.2) is 9.97 Å². The molecule has 1 heterocycles. The van der Waals surface area contributed by atoms with Crippen LogP contribution in [0.25, 0.3) is 0 Å². The van der Waals surface area contributed by atoms with E-state index < -0.39 is 0 Å². The molecule has 0 atom stereocenters. The average Bonchev–Trinajstić information content (AvgIpc) is 2.18. The number of halogens is 1. The first-order chi connectivity index (χ1) is 7.74. The Bertz CT molecular complexity index is 363. The van der Waals surface area contributed by atoms with Crippen LogP contribution in [0.4, 0.5) is 5.82 Å². The average molecular weight is 240 g/mol. The molecule has 88 valence electrons. The summed E-state index contributed by atoms with van der Waals surface area (Å²) < 4.78 is 0. The van der Waals surface area contributed by atoms with Crippen molar-refractivity contribution in [1.82, 2.24) is 9.97 Å². The normalized spacial score (nSPS) is 15.9. The van der Waals surface area contributed by atoms with Crippen molar-refractivity contribution in [1.29, 1.82) is 0 Å². The van der Waals surface area contributed by atoms with Gasteiger partial charge in [-0.05, 0) is 25.7 Å². The zero-order chi connectivity index (χ0) is 11.5. The summed E-state index contributed by atoms with van der Waals surface area (Å²) >= 11 is 6.14. The molecule has 1 saturated carbocycles. The van der Waals surface area contributed by atoms with Gasteiger partial charge in [-0.2, -0.15) is 0 Å². The molecule has 1 aromatic heterocycles. The van der Waals surface area contributed by atoms with Crippen molar-refractivity contribution in [2.75, 3.05) is 11.9 Å². The maximum Gasteiger partial charge on any atom is 0.137 e. The molecular weight excluding hydrogens is 222 g/mol. The molecule has 0 N–H and O–H groups in total. The van der Waals surface area contributed by atoms with Crippen molar-refractivity contribution in [2.45, 2.75) is 45.1 Å². The van der Waals surface area contributed by atoms with Gasteiger partial charge in [-0.1, -0.05) is 24.9 Å². The van der Waals surface area contributed by atoms with Crippen molar-refractivity contribution in [3.8, 4) is 0 Å². The van der Waals surface area contributed by atoms with Crippen molar-refractivity contribution in [3.63, 3.8) is 0 Å². The van der Waals surface area contributed by atoms with Gasteiger partial charge in [0.1, 0.15) is 17.3 Å². The fourth-order valence-corrected chi connectivity index (χ4v) is 2.32. The molecule has 1 aliphatic carbocycles. The van der Waals surface area contributed by atoms with E-state index in [1.54, 1.807) is 6.33 Å². The summed E-state index contributed by atoms with van der Waals surface area (Å²) in [5.41, 5.74) is 1.10. The van der Waals surface area contributed by atoms with Crippen LogP contribution < -0.4 is 4.90 Å². The van der Waals surface area contributed by atoms with Gasteiger partial charge in [-0.15, -0.1) is 0 Å². The van der Waals surface area contributed by atoms with Crippen molar-refractivity contribution < 1.29 is 0 Å². The Hall–Kier alpha value is -0.830. The lowest BCUT2D eigenvalue weighted by Gasteiger charge is -2.36. The van der Waals surface area contributed by atoms with Crippen LogP contribution in [0.2, 0.25) is 5.15 Å². The van der Waals surface area contributed by atoms with E-state index in [0.717, 1.165) is 24.2 Å². The van der Waals surface area contributed by atoms with Gasteiger partial charge >= 0.3 is 0 Å². The minimum atomic E-state index is 0.609. The van der Waals surface area contributed by atoms with E-state index in [1.807, 2.05) is 0 Å². The molecule has 0 spiro atoms. The van der Waals surface area contributed by atoms with Gasteiger partial charge in [0.15, 0.2) is 0 Å². The summed E-state index contributed by atoms with van der Waals surface area (Å²) in [4.78, 5) is 10.7. The lowest BCUT2D eigenvalue weighted by Crippen LogP contribution is -2.38. The van der Waals surface area contributed by atoms with E-state index in [9.17, 15) is 0 Å². The van der Waals surface area contributed by atoms with E-state index in [1.165, 1.54) is 19.3 Å². The van der Waals surface area contributed by atoms with Gasteiger partial charge in [0.2, 0.25) is 0 Å². The Labute approximate surface area is 102 Å². The summed E-state index contributed by atoms with van der Waals surface area (Å²) in [6, 6.07) is 0.640. The first kappa shape index (κ1) is 11.6. The molecule has 1 fully saturated rings. The van der Waals surface area contributed by atoms with Crippen LogP contribution in [0.5, 0.6) is 0 Å². The third-order valence-corrected chi connectivity index (χ3v) is 3.65. The number of hydrogen-bond acceptors (Lipinski definition) is 3. The quantitative estimate of drug-likeness (QED) is 0.757. The van der Waals surface area contributed by atoms with E-state index in [-0.39, 0.29) is 0 Å². The summed E-state index contributed by atoms with van der Waals surface area (Å²) in [7, 11) is 2.11. The number of rotatable bonds is 4. The number of nitrogens with zero attached hydrogens (tertiary/aromatic N) is 3. The maximum absolute atomic E-state index is 6.14. The SMILES string of the molecule is CCCc1c(Cl)ncnc1N(C)C1CCC1. The molecule has 0 amide bonds. The molecule has 2 rings (SSSR count). The van der Waals surface area contributed by atoms with Crippen molar-refractivity contribution in [2.24, 2.45) is 0 Å². The maximum atomic E-state index is 6.14. The second-order valence-electron chi connectivity index (χ2n) is 4.41. The van der Waals surface area contributed by atoms with E-state index in [4.69, 9.17) is 11.6 Å². The van der Waals surface area contributed by atoms with Gasteiger partial charge in [0.25, 0.3) is 0 Å². The summed E-state index contributed by atoms with van der Waals surface area (Å²) in [5, 5.41) is 0.609. The van der Waals surface area contributed by atoms with Crippen LogP contribution in [0.15, 0.2) is 6.33 Å². The Morgan fingerprint density at radius 2 is 2.19 bits per heavy atom. The number of anilines is 1. The van der Waals surface area contributed by atoms with E-state index >= 15 is 0 Å². The summed E-state index contributed by atoms with van der Waals surface area (Å²) in [5.74, 6) is 1.02.